The van der Waals surface area contributed by atoms with Gasteiger partial charge in [-0.1, -0.05) is 6.07 Å². The highest BCUT2D eigenvalue weighted by molar-refractivity contribution is 5.48. The Morgan fingerprint density at radius 3 is 2.93 bits per heavy atom. The molecule has 0 heterocycles. The number of hydrogen-bond acceptors (Lipinski definition) is 2. The van der Waals surface area contributed by atoms with E-state index in [0.29, 0.717) is 18.8 Å². The van der Waals surface area contributed by atoms with Crippen LogP contribution in [-0.2, 0) is 4.79 Å². The molecule has 0 saturated carbocycles. The summed E-state index contributed by atoms with van der Waals surface area (Å²) in [4.78, 5) is 9.99. The lowest BCUT2D eigenvalue weighted by molar-refractivity contribution is -0.107. The van der Waals surface area contributed by atoms with E-state index >= 15 is 0 Å². The first-order valence-electron chi connectivity index (χ1n) is 4.65. The minimum absolute atomic E-state index is 0.296. The van der Waals surface area contributed by atoms with Crippen molar-refractivity contribution in [3.05, 3.63) is 30.1 Å². The smallest absolute Gasteiger partial charge is 0.126 e. The number of carbonyl (C=O) groups is 1. The molecule has 1 rings (SSSR count). The average Bonchev–Trinajstić information content (AvgIpc) is 2.18. The SMILES string of the molecule is O=CCCCCOc1cccc(F)c1. The van der Waals surface area contributed by atoms with Crippen LogP contribution in [0.4, 0.5) is 4.39 Å². The summed E-state index contributed by atoms with van der Waals surface area (Å²) in [5.74, 6) is 0.242. The lowest BCUT2D eigenvalue weighted by Crippen LogP contribution is -1.97. The zero-order chi connectivity index (χ0) is 10.2. The molecule has 0 aliphatic heterocycles. The molecule has 0 bridgehead atoms. The van der Waals surface area contributed by atoms with Crippen LogP contribution in [0.1, 0.15) is 19.3 Å². The van der Waals surface area contributed by atoms with Gasteiger partial charge in [0.2, 0.25) is 0 Å². The first-order valence-corrected chi connectivity index (χ1v) is 4.65. The summed E-state index contributed by atoms with van der Waals surface area (Å²) in [6.07, 6.45) is 3.09. The number of halogens is 1. The molecule has 0 atom stereocenters. The molecule has 0 unspecified atom stereocenters. The van der Waals surface area contributed by atoms with Gasteiger partial charge >= 0.3 is 0 Å². The van der Waals surface area contributed by atoms with Gasteiger partial charge in [0.1, 0.15) is 17.9 Å². The molecule has 0 aliphatic rings. The second-order valence-corrected chi connectivity index (χ2v) is 2.97. The van der Waals surface area contributed by atoms with Crippen LogP contribution < -0.4 is 4.74 Å². The molecule has 1 aromatic carbocycles. The van der Waals surface area contributed by atoms with Crippen molar-refractivity contribution in [3.8, 4) is 5.75 Å². The first-order chi connectivity index (χ1) is 6.83. The van der Waals surface area contributed by atoms with E-state index in [-0.39, 0.29) is 5.82 Å². The Balaban J connectivity index is 2.21. The van der Waals surface area contributed by atoms with Crippen molar-refractivity contribution >= 4 is 6.29 Å². The fourth-order valence-electron chi connectivity index (χ4n) is 1.08. The summed E-state index contributed by atoms with van der Waals surface area (Å²) in [6.45, 7) is 0.525. The van der Waals surface area contributed by atoms with Crippen LogP contribution in [0.3, 0.4) is 0 Å². The molecule has 0 N–H and O–H groups in total. The largest absolute Gasteiger partial charge is 0.493 e. The fourth-order valence-corrected chi connectivity index (χ4v) is 1.08. The van der Waals surface area contributed by atoms with Crippen LogP contribution in [0.25, 0.3) is 0 Å². The first kappa shape index (κ1) is 10.7. The number of carbonyl (C=O) groups excluding carboxylic acids is 1. The molecule has 0 saturated heterocycles. The Morgan fingerprint density at radius 2 is 2.21 bits per heavy atom. The Bertz CT molecular complexity index is 286. The van der Waals surface area contributed by atoms with Gasteiger partial charge in [-0.05, 0) is 25.0 Å². The maximum absolute atomic E-state index is 12.7. The van der Waals surface area contributed by atoms with Gasteiger partial charge in [0, 0.05) is 12.5 Å². The fraction of sp³-hybridized carbons (Fsp3) is 0.364. The standard InChI is InChI=1S/C11H13FO2/c12-10-5-4-6-11(9-10)14-8-3-1-2-7-13/h4-7,9H,1-3,8H2. The summed E-state index contributed by atoms with van der Waals surface area (Å²) in [5.41, 5.74) is 0. The number of hydrogen-bond donors (Lipinski definition) is 0. The molecule has 1 aromatic rings. The van der Waals surface area contributed by atoms with Crippen LogP contribution in [-0.4, -0.2) is 12.9 Å². The predicted octanol–water partition coefficient (Wildman–Crippen LogP) is 2.57. The molecule has 14 heavy (non-hydrogen) atoms. The predicted molar refractivity (Wildman–Crippen MR) is 51.8 cm³/mol. The third-order valence-corrected chi connectivity index (χ3v) is 1.78. The van der Waals surface area contributed by atoms with Crippen LogP contribution in [0.15, 0.2) is 24.3 Å². The zero-order valence-electron chi connectivity index (χ0n) is 7.91. The van der Waals surface area contributed by atoms with Gasteiger partial charge in [0.05, 0.1) is 6.61 Å². The highest BCUT2D eigenvalue weighted by Gasteiger charge is 1.95. The molecule has 3 heteroatoms. The molecule has 0 aromatic heterocycles. The minimum atomic E-state index is -0.296. The molecule has 0 spiro atoms. The Morgan fingerprint density at radius 1 is 1.36 bits per heavy atom. The quantitative estimate of drug-likeness (QED) is 0.516. The van der Waals surface area contributed by atoms with E-state index in [4.69, 9.17) is 4.74 Å². The van der Waals surface area contributed by atoms with Crippen molar-refractivity contribution in [2.24, 2.45) is 0 Å². The van der Waals surface area contributed by atoms with E-state index in [1.165, 1.54) is 12.1 Å². The van der Waals surface area contributed by atoms with Crippen LogP contribution in [0.5, 0.6) is 5.75 Å². The van der Waals surface area contributed by atoms with Crippen molar-refractivity contribution in [3.63, 3.8) is 0 Å². The van der Waals surface area contributed by atoms with E-state index in [9.17, 15) is 9.18 Å². The third kappa shape index (κ3) is 4.03. The summed E-state index contributed by atoms with van der Waals surface area (Å²) in [7, 11) is 0. The van der Waals surface area contributed by atoms with Gasteiger partial charge < -0.3 is 9.53 Å². The van der Waals surface area contributed by atoms with Crippen molar-refractivity contribution in [1.29, 1.82) is 0 Å². The Labute approximate surface area is 82.7 Å². The summed E-state index contributed by atoms with van der Waals surface area (Å²) < 4.78 is 17.9. The van der Waals surface area contributed by atoms with Crippen LogP contribution in [0.2, 0.25) is 0 Å². The normalized spacial score (nSPS) is 9.79. The molecule has 0 fully saturated rings. The lowest BCUT2D eigenvalue weighted by Gasteiger charge is -2.04. The summed E-state index contributed by atoms with van der Waals surface area (Å²) in [6, 6.07) is 6.04. The van der Waals surface area contributed by atoms with Crippen molar-refractivity contribution < 1.29 is 13.9 Å². The topological polar surface area (TPSA) is 26.3 Å². The molecule has 0 radical (unpaired) electrons. The van der Waals surface area contributed by atoms with E-state index < -0.39 is 0 Å². The minimum Gasteiger partial charge on any atom is -0.493 e. The van der Waals surface area contributed by atoms with Gasteiger partial charge in [0.15, 0.2) is 0 Å². The molecular formula is C11H13FO2. The second-order valence-electron chi connectivity index (χ2n) is 2.97. The van der Waals surface area contributed by atoms with Crippen LogP contribution in [0, 0.1) is 5.82 Å². The molecule has 0 amide bonds. The molecule has 76 valence electrons. The average molecular weight is 196 g/mol. The lowest BCUT2D eigenvalue weighted by atomic mass is 10.2. The van der Waals surface area contributed by atoms with Crippen LogP contribution >= 0.6 is 0 Å². The van der Waals surface area contributed by atoms with Gasteiger partial charge in [0.25, 0.3) is 0 Å². The summed E-state index contributed by atoms with van der Waals surface area (Å²) in [5, 5.41) is 0. The number of ether oxygens (including phenoxy) is 1. The maximum Gasteiger partial charge on any atom is 0.126 e. The van der Waals surface area contributed by atoms with E-state index in [2.05, 4.69) is 0 Å². The van der Waals surface area contributed by atoms with Crippen molar-refractivity contribution in [2.75, 3.05) is 6.61 Å². The number of benzene rings is 1. The van der Waals surface area contributed by atoms with Crippen molar-refractivity contribution in [2.45, 2.75) is 19.3 Å². The van der Waals surface area contributed by atoms with Crippen molar-refractivity contribution in [1.82, 2.24) is 0 Å². The van der Waals surface area contributed by atoms with Gasteiger partial charge in [-0.3, -0.25) is 0 Å². The number of aldehydes is 1. The molecule has 2 nitrogen and oxygen atoms in total. The number of unbranched alkanes of at least 4 members (excludes halogenated alkanes) is 2. The monoisotopic (exact) mass is 196 g/mol. The van der Waals surface area contributed by atoms with Gasteiger partial charge in [-0.2, -0.15) is 0 Å². The van der Waals surface area contributed by atoms with E-state index in [0.717, 1.165) is 19.1 Å². The van der Waals surface area contributed by atoms with E-state index in [1.807, 2.05) is 0 Å². The molecular weight excluding hydrogens is 183 g/mol. The Hall–Kier alpha value is -1.38. The second kappa shape index (κ2) is 6.13. The van der Waals surface area contributed by atoms with Gasteiger partial charge in [-0.25, -0.2) is 4.39 Å². The number of rotatable bonds is 6. The highest BCUT2D eigenvalue weighted by atomic mass is 19.1. The highest BCUT2D eigenvalue weighted by Crippen LogP contribution is 2.12. The van der Waals surface area contributed by atoms with Gasteiger partial charge in [-0.15, -0.1) is 0 Å². The zero-order valence-corrected chi connectivity index (χ0v) is 7.91. The third-order valence-electron chi connectivity index (χ3n) is 1.78. The Kier molecular flexibility index (Phi) is 4.69. The molecule has 0 aliphatic carbocycles. The van der Waals surface area contributed by atoms with E-state index in [1.54, 1.807) is 12.1 Å². The summed E-state index contributed by atoms with van der Waals surface area (Å²) >= 11 is 0. The maximum atomic E-state index is 12.7.